The van der Waals surface area contributed by atoms with Crippen LogP contribution in [0.15, 0.2) is 64.1 Å². The number of nitrogen functional groups attached to an aromatic ring is 1. The molecule has 0 spiro atoms. The summed E-state index contributed by atoms with van der Waals surface area (Å²) in [5, 5.41) is 4.08. The van der Waals surface area contributed by atoms with E-state index in [-0.39, 0.29) is 16.3 Å². The maximum atomic E-state index is 15.0. The molecule has 0 aliphatic carbocycles. The standard InChI is InChI=1S/C24H20FN4O3S/c1-13-4-6-14(7-5-13)19-11-17(29-32-19)21-23(26)27-12-18(28-21)15-8-9-20-16(10-15)22(25)24(2,3)33(20,30)31/h4-12,22H,1H2,2-3H3,(H2,26,27). The van der Waals surface area contributed by atoms with Gasteiger partial charge in [-0.25, -0.2) is 22.8 Å². The van der Waals surface area contributed by atoms with Crippen LogP contribution >= 0.6 is 0 Å². The highest BCUT2D eigenvalue weighted by Crippen LogP contribution is 2.49. The van der Waals surface area contributed by atoms with Crippen LogP contribution in [0.3, 0.4) is 0 Å². The summed E-state index contributed by atoms with van der Waals surface area (Å²) in [5.41, 5.74) is 9.49. The molecule has 1 atom stereocenters. The van der Waals surface area contributed by atoms with E-state index in [0.717, 1.165) is 11.1 Å². The molecule has 1 aliphatic heterocycles. The Morgan fingerprint density at radius 3 is 2.48 bits per heavy atom. The van der Waals surface area contributed by atoms with Gasteiger partial charge in [0.05, 0.1) is 16.8 Å². The Morgan fingerprint density at radius 2 is 1.76 bits per heavy atom. The van der Waals surface area contributed by atoms with E-state index in [4.69, 9.17) is 10.3 Å². The first-order chi connectivity index (χ1) is 15.6. The Balaban J connectivity index is 1.55. The maximum absolute atomic E-state index is 15.0. The van der Waals surface area contributed by atoms with E-state index in [1.54, 1.807) is 12.1 Å². The molecular formula is C24H20FN4O3S. The number of alkyl halides is 1. The number of nitrogens with two attached hydrogens (primary N) is 1. The van der Waals surface area contributed by atoms with E-state index in [1.807, 2.05) is 24.3 Å². The molecule has 3 heterocycles. The molecule has 33 heavy (non-hydrogen) atoms. The molecule has 9 heteroatoms. The van der Waals surface area contributed by atoms with Crippen molar-refractivity contribution in [1.29, 1.82) is 0 Å². The Bertz CT molecular complexity index is 1490. The molecule has 2 N–H and O–H groups in total. The van der Waals surface area contributed by atoms with Gasteiger partial charge in [-0.1, -0.05) is 35.5 Å². The van der Waals surface area contributed by atoms with Gasteiger partial charge in [0.1, 0.15) is 22.3 Å². The number of aromatic nitrogens is 3. The highest BCUT2D eigenvalue weighted by molar-refractivity contribution is 7.93. The lowest BCUT2D eigenvalue weighted by Gasteiger charge is -2.19. The van der Waals surface area contributed by atoms with Crippen molar-refractivity contribution in [1.82, 2.24) is 15.1 Å². The summed E-state index contributed by atoms with van der Waals surface area (Å²) in [4.78, 5) is 8.78. The normalized spacial score (nSPS) is 18.2. The molecule has 0 saturated carbocycles. The zero-order chi connectivity index (χ0) is 23.5. The predicted molar refractivity (Wildman–Crippen MR) is 122 cm³/mol. The van der Waals surface area contributed by atoms with Gasteiger partial charge in [-0.2, -0.15) is 0 Å². The van der Waals surface area contributed by atoms with Crippen LogP contribution in [0, 0.1) is 6.92 Å². The molecule has 4 aromatic rings. The van der Waals surface area contributed by atoms with Gasteiger partial charge in [0.2, 0.25) is 0 Å². The molecule has 1 radical (unpaired) electrons. The number of halogens is 1. The van der Waals surface area contributed by atoms with E-state index >= 15 is 4.39 Å². The van der Waals surface area contributed by atoms with Crippen molar-refractivity contribution in [2.45, 2.75) is 29.7 Å². The van der Waals surface area contributed by atoms with Crippen LogP contribution in [0.1, 0.15) is 31.1 Å². The third kappa shape index (κ3) is 3.22. The lowest BCUT2D eigenvalue weighted by Crippen LogP contribution is -2.30. The summed E-state index contributed by atoms with van der Waals surface area (Å²) in [6.07, 6.45) is -0.197. The third-order valence-corrected chi connectivity index (χ3v) is 8.51. The van der Waals surface area contributed by atoms with E-state index < -0.39 is 20.8 Å². The molecule has 167 valence electrons. The Kier molecular flexibility index (Phi) is 4.65. The Labute approximate surface area is 190 Å². The number of benzene rings is 2. The summed E-state index contributed by atoms with van der Waals surface area (Å²) in [7, 11) is -3.77. The molecule has 5 rings (SSSR count). The number of anilines is 1. The van der Waals surface area contributed by atoms with Gasteiger partial charge < -0.3 is 10.3 Å². The van der Waals surface area contributed by atoms with Crippen LogP contribution in [-0.2, 0) is 9.84 Å². The van der Waals surface area contributed by atoms with Gasteiger partial charge in [-0.05, 0) is 38.5 Å². The van der Waals surface area contributed by atoms with Crippen molar-refractivity contribution in [3.8, 4) is 34.0 Å². The van der Waals surface area contributed by atoms with Gasteiger partial charge in [-0.3, -0.25) is 0 Å². The summed E-state index contributed by atoms with van der Waals surface area (Å²) >= 11 is 0. The average molecular weight is 464 g/mol. The highest BCUT2D eigenvalue weighted by Gasteiger charge is 2.52. The topological polar surface area (TPSA) is 112 Å². The summed E-state index contributed by atoms with van der Waals surface area (Å²) in [6, 6.07) is 13.7. The quantitative estimate of drug-likeness (QED) is 0.464. The molecule has 0 bridgehead atoms. The molecule has 7 nitrogen and oxygen atoms in total. The van der Waals surface area contributed by atoms with Gasteiger partial charge in [0.15, 0.2) is 21.4 Å². The second kappa shape index (κ2) is 7.21. The predicted octanol–water partition coefficient (Wildman–Crippen LogP) is 4.81. The van der Waals surface area contributed by atoms with Crippen molar-refractivity contribution in [3.63, 3.8) is 0 Å². The van der Waals surface area contributed by atoms with Crippen LogP contribution < -0.4 is 5.73 Å². The number of rotatable bonds is 3. The molecule has 0 fully saturated rings. The van der Waals surface area contributed by atoms with Crippen LogP contribution in [0.4, 0.5) is 10.2 Å². The van der Waals surface area contributed by atoms with Crippen molar-refractivity contribution >= 4 is 15.7 Å². The smallest absolute Gasteiger partial charge is 0.187 e. The third-order valence-electron chi connectivity index (χ3n) is 5.96. The number of fused-ring (bicyclic) bond motifs is 1. The van der Waals surface area contributed by atoms with Crippen molar-refractivity contribution in [3.05, 3.63) is 72.8 Å². The SMILES string of the molecule is [CH2]c1ccc(-c2cc(-c3nc(-c4ccc5c(c4)C(F)C(C)(C)S5(=O)=O)cnc3N)no2)cc1. The lowest BCUT2D eigenvalue weighted by atomic mass is 9.98. The Morgan fingerprint density at radius 1 is 1.06 bits per heavy atom. The number of hydrogen-bond donors (Lipinski definition) is 1. The molecule has 0 amide bonds. The van der Waals surface area contributed by atoms with Crippen molar-refractivity contribution in [2.24, 2.45) is 0 Å². The molecular weight excluding hydrogens is 443 g/mol. The van der Waals surface area contributed by atoms with E-state index in [1.165, 1.54) is 32.2 Å². The minimum absolute atomic E-state index is 0.00168. The van der Waals surface area contributed by atoms with Crippen LogP contribution in [0.5, 0.6) is 0 Å². The monoisotopic (exact) mass is 463 g/mol. The number of hydrogen-bond acceptors (Lipinski definition) is 7. The van der Waals surface area contributed by atoms with Crippen LogP contribution in [0.25, 0.3) is 34.0 Å². The zero-order valence-corrected chi connectivity index (χ0v) is 18.7. The number of sulfone groups is 1. The lowest BCUT2D eigenvalue weighted by molar-refractivity contribution is 0.284. The number of nitrogens with zero attached hydrogens (tertiary/aromatic N) is 3. The summed E-state index contributed by atoms with van der Waals surface area (Å²) in [6.45, 7) is 6.64. The molecule has 2 aromatic heterocycles. The highest BCUT2D eigenvalue weighted by atomic mass is 32.2. The van der Waals surface area contributed by atoms with Gasteiger partial charge >= 0.3 is 0 Å². The van der Waals surface area contributed by atoms with Crippen molar-refractivity contribution < 1.29 is 17.3 Å². The average Bonchev–Trinajstić information content (AvgIpc) is 3.32. The fourth-order valence-electron chi connectivity index (χ4n) is 3.86. The summed E-state index contributed by atoms with van der Waals surface area (Å²) < 4.78 is 44.3. The van der Waals surface area contributed by atoms with Gasteiger partial charge in [0, 0.05) is 22.8 Å². The molecule has 1 unspecified atom stereocenters. The first-order valence-corrected chi connectivity index (χ1v) is 11.6. The maximum Gasteiger partial charge on any atom is 0.187 e. The van der Waals surface area contributed by atoms with E-state index in [2.05, 4.69) is 22.0 Å². The molecule has 1 aliphatic rings. The molecule has 0 saturated heterocycles. The largest absolute Gasteiger partial charge is 0.382 e. The van der Waals surface area contributed by atoms with Crippen LogP contribution in [0.2, 0.25) is 0 Å². The van der Waals surface area contributed by atoms with E-state index in [0.29, 0.717) is 28.4 Å². The first-order valence-electron chi connectivity index (χ1n) is 10.1. The second-order valence-corrected chi connectivity index (χ2v) is 11.0. The second-order valence-electron chi connectivity index (χ2n) is 8.48. The minimum atomic E-state index is -3.77. The van der Waals surface area contributed by atoms with Gasteiger partial charge in [0.25, 0.3) is 0 Å². The fourth-order valence-corrected chi connectivity index (χ4v) is 5.55. The Hall–Kier alpha value is -3.59. The van der Waals surface area contributed by atoms with Gasteiger partial charge in [-0.15, -0.1) is 0 Å². The first kappa shape index (κ1) is 21.3. The van der Waals surface area contributed by atoms with Crippen molar-refractivity contribution in [2.75, 3.05) is 5.73 Å². The summed E-state index contributed by atoms with van der Waals surface area (Å²) in [5.74, 6) is 0.682. The fraction of sp³-hybridized carbons (Fsp3) is 0.167. The van der Waals surface area contributed by atoms with E-state index in [9.17, 15) is 8.42 Å². The zero-order valence-electron chi connectivity index (χ0n) is 17.9. The van der Waals surface area contributed by atoms with Crippen LogP contribution in [-0.4, -0.2) is 28.3 Å². The minimum Gasteiger partial charge on any atom is -0.382 e. The molecule has 2 aromatic carbocycles.